The molecule has 10 nitrogen and oxygen atoms in total. The lowest BCUT2D eigenvalue weighted by Gasteiger charge is -2.13. The molecule has 0 saturated carbocycles. The van der Waals surface area contributed by atoms with Crippen LogP contribution in [0.2, 0.25) is 0 Å². The quantitative estimate of drug-likeness (QED) is 0.263. The molecule has 0 aliphatic carbocycles. The summed E-state index contributed by atoms with van der Waals surface area (Å²) in [5, 5.41) is 15.3. The number of methoxy groups -OCH3 is 2. The van der Waals surface area contributed by atoms with Crippen LogP contribution in [-0.4, -0.2) is 45.6 Å². The number of amides is 1. The van der Waals surface area contributed by atoms with Gasteiger partial charge in [0, 0.05) is 47.2 Å². The van der Waals surface area contributed by atoms with E-state index in [0.717, 1.165) is 5.69 Å². The number of nitrogens with zero attached hydrogens (tertiary/aromatic N) is 3. The largest absolute Gasteiger partial charge is 0.493 e. The molecule has 5 aromatic rings. The Balaban J connectivity index is 1.46. The summed E-state index contributed by atoms with van der Waals surface area (Å²) in [5.74, 6) is 0.250. The molecule has 1 amide bonds. The molecule has 0 unspecified atom stereocenters. The average molecular weight is 510 g/mol. The fraction of sp³-hybridized carbons (Fsp3) is 0.0714. The molecule has 0 aliphatic heterocycles. The minimum absolute atomic E-state index is 0.0869. The van der Waals surface area contributed by atoms with Crippen molar-refractivity contribution >= 4 is 34.7 Å². The third-order valence-electron chi connectivity index (χ3n) is 5.81. The molecule has 0 fully saturated rings. The van der Waals surface area contributed by atoms with E-state index in [-0.39, 0.29) is 11.5 Å². The number of hydrogen-bond donors (Lipinski definition) is 3. The van der Waals surface area contributed by atoms with Gasteiger partial charge in [0.15, 0.2) is 23.0 Å². The van der Waals surface area contributed by atoms with Gasteiger partial charge in [-0.1, -0.05) is 18.2 Å². The zero-order valence-corrected chi connectivity index (χ0v) is 20.5. The van der Waals surface area contributed by atoms with Gasteiger partial charge in [-0.25, -0.2) is 14.8 Å². The number of benzene rings is 3. The molecule has 0 atom stereocenters. The lowest BCUT2D eigenvalue weighted by Crippen LogP contribution is -2.12. The molecule has 0 saturated heterocycles. The van der Waals surface area contributed by atoms with Crippen LogP contribution < -0.4 is 20.1 Å². The number of imidazole rings is 1. The number of hydrogen-bond acceptors (Lipinski definition) is 7. The number of carbonyl (C=O) groups is 2. The Hall–Kier alpha value is -5.38. The Labute approximate surface area is 217 Å². The monoisotopic (exact) mass is 509 g/mol. The molecule has 38 heavy (non-hydrogen) atoms. The van der Waals surface area contributed by atoms with E-state index in [2.05, 4.69) is 15.6 Å². The van der Waals surface area contributed by atoms with Gasteiger partial charge in [0.1, 0.15) is 0 Å². The van der Waals surface area contributed by atoms with Gasteiger partial charge in [-0.3, -0.25) is 4.79 Å². The Morgan fingerprint density at radius 3 is 2.47 bits per heavy atom. The molecule has 0 radical (unpaired) electrons. The van der Waals surface area contributed by atoms with Crippen LogP contribution in [-0.2, 0) is 0 Å². The Bertz CT molecular complexity index is 1660. The number of aromatic nitrogens is 3. The van der Waals surface area contributed by atoms with Crippen molar-refractivity contribution < 1.29 is 24.2 Å². The van der Waals surface area contributed by atoms with Gasteiger partial charge < -0.3 is 29.6 Å². The molecule has 190 valence electrons. The highest BCUT2D eigenvalue weighted by atomic mass is 16.5. The number of carboxylic acid groups (broad SMARTS) is 1. The SMILES string of the molecule is COc1ccc(Nc2nc(-c3cccc(C(=O)Nc4cccc(C(=O)O)c4)c3)cn3ccnc23)cc1OC. The molecule has 3 aromatic carbocycles. The Morgan fingerprint density at radius 1 is 0.895 bits per heavy atom. The van der Waals surface area contributed by atoms with Crippen LogP contribution in [0.15, 0.2) is 85.3 Å². The van der Waals surface area contributed by atoms with Gasteiger partial charge in [0.2, 0.25) is 0 Å². The maximum Gasteiger partial charge on any atom is 0.335 e. The summed E-state index contributed by atoms with van der Waals surface area (Å²) in [5.41, 5.74) is 3.54. The maximum atomic E-state index is 12.9. The fourth-order valence-electron chi connectivity index (χ4n) is 3.96. The van der Waals surface area contributed by atoms with E-state index in [9.17, 15) is 14.7 Å². The summed E-state index contributed by atoms with van der Waals surface area (Å²) < 4.78 is 12.6. The van der Waals surface area contributed by atoms with Gasteiger partial charge >= 0.3 is 5.97 Å². The molecule has 2 aromatic heterocycles. The van der Waals surface area contributed by atoms with Crippen LogP contribution in [0.5, 0.6) is 11.5 Å². The van der Waals surface area contributed by atoms with Crippen LogP contribution in [0.1, 0.15) is 20.7 Å². The van der Waals surface area contributed by atoms with E-state index in [1.807, 2.05) is 28.9 Å². The summed E-state index contributed by atoms with van der Waals surface area (Å²) in [6.07, 6.45) is 5.32. The zero-order chi connectivity index (χ0) is 26.6. The third-order valence-corrected chi connectivity index (χ3v) is 5.81. The van der Waals surface area contributed by atoms with Crippen molar-refractivity contribution in [3.8, 4) is 22.8 Å². The molecule has 0 spiro atoms. The number of rotatable bonds is 8. The van der Waals surface area contributed by atoms with Crippen molar-refractivity contribution in [1.82, 2.24) is 14.4 Å². The predicted molar refractivity (Wildman–Crippen MR) is 143 cm³/mol. The lowest BCUT2D eigenvalue weighted by atomic mass is 10.1. The summed E-state index contributed by atoms with van der Waals surface area (Å²) >= 11 is 0. The highest BCUT2D eigenvalue weighted by Gasteiger charge is 2.14. The van der Waals surface area contributed by atoms with Crippen molar-refractivity contribution in [2.75, 3.05) is 24.9 Å². The van der Waals surface area contributed by atoms with Gasteiger partial charge in [-0.05, 0) is 42.5 Å². The summed E-state index contributed by atoms with van der Waals surface area (Å²) in [6, 6.07) is 18.5. The van der Waals surface area contributed by atoms with Crippen molar-refractivity contribution in [3.05, 3.63) is 96.4 Å². The molecule has 0 bridgehead atoms. The average Bonchev–Trinajstić information content (AvgIpc) is 3.42. The van der Waals surface area contributed by atoms with Crippen LogP contribution in [0.3, 0.4) is 0 Å². The first-order valence-corrected chi connectivity index (χ1v) is 11.5. The van der Waals surface area contributed by atoms with E-state index < -0.39 is 5.97 Å². The number of ether oxygens (including phenoxy) is 2. The van der Waals surface area contributed by atoms with Crippen LogP contribution >= 0.6 is 0 Å². The second-order valence-electron chi connectivity index (χ2n) is 8.25. The van der Waals surface area contributed by atoms with Crippen molar-refractivity contribution in [2.24, 2.45) is 0 Å². The molecular formula is C28H23N5O5. The minimum atomic E-state index is -1.07. The normalized spacial score (nSPS) is 10.7. The maximum absolute atomic E-state index is 12.9. The second-order valence-corrected chi connectivity index (χ2v) is 8.25. The molecule has 0 aliphatic rings. The summed E-state index contributed by atoms with van der Waals surface area (Å²) in [6.45, 7) is 0. The van der Waals surface area contributed by atoms with Crippen molar-refractivity contribution in [3.63, 3.8) is 0 Å². The zero-order valence-electron chi connectivity index (χ0n) is 20.5. The fourth-order valence-corrected chi connectivity index (χ4v) is 3.96. The third kappa shape index (κ3) is 4.96. The Kier molecular flexibility index (Phi) is 6.60. The minimum Gasteiger partial charge on any atom is -0.493 e. The number of nitrogens with one attached hydrogen (secondary N) is 2. The number of aromatic carboxylic acids is 1. The first-order valence-electron chi connectivity index (χ1n) is 11.5. The van der Waals surface area contributed by atoms with E-state index in [1.54, 1.807) is 62.9 Å². The topological polar surface area (TPSA) is 127 Å². The lowest BCUT2D eigenvalue weighted by molar-refractivity contribution is 0.0696. The molecule has 10 heteroatoms. The highest BCUT2D eigenvalue weighted by molar-refractivity contribution is 6.05. The summed E-state index contributed by atoms with van der Waals surface area (Å²) in [7, 11) is 3.14. The van der Waals surface area contributed by atoms with E-state index in [4.69, 9.17) is 14.5 Å². The predicted octanol–water partition coefficient (Wildman–Crippen LogP) is 5.11. The van der Waals surface area contributed by atoms with Crippen LogP contribution in [0.25, 0.3) is 16.9 Å². The molecule has 2 heterocycles. The molecule has 3 N–H and O–H groups in total. The summed E-state index contributed by atoms with van der Waals surface area (Å²) in [4.78, 5) is 33.4. The number of carbonyl (C=O) groups excluding carboxylic acids is 1. The molecular weight excluding hydrogens is 486 g/mol. The van der Waals surface area contributed by atoms with E-state index >= 15 is 0 Å². The van der Waals surface area contributed by atoms with E-state index in [0.29, 0.717) is 45.5 Å². The second kappa shape index (κ2) is 10.3. The Morgan fingerprint density at radius 2 is 1.68 bits per heavy atom. The van der Waals surface area contributed by atoms with Gasteiger partial charge in [0.05, 0.1) is 25.5 Å². The van der Waals surface area contributed by atoms with Crippen LogP contribution in [0.4, 0.5) is 17.2 Å². The number of fused-ring (bicyclic) bond motifs is 1. The smallest absolute Gasteiger partial charge is 0.335 e. The first-order chi connectivity index (χ1) is 18.4. The van der Waals surface area contributed by atoms with Crippen LogP contribution in [0, 0.1) is 0 Å². The van der Waals surface area contributed by atoms with Gasteiger partial charge in [-0.2, -0.15) is 0 Å². The van der Waals surface area contributed by atoms with Crippen molar-refractivity contribution in [2.45, 2.75) is 0 Å². The van der Waals surface area contributed by atoms with E-state index in [1.165, 1.54) is 12.1 Å². The standard InChI is InChI=1S/C28H23N5O5/c1-37-23-10-9-21(15-24(23)38-2)30-25-26-29-11-12-33(26)16-22(32-25)17-5-3-6-18(13-17)27(34)31-20-8-4-7-19(14-20)28(35)36/h3-16H,1-2H3,(H,30,32)(H,31,34)(H,35,36). The highest BCUT2D eigenvalue weighted by Crippen LogP contribution is 2.32. The van der Waals surface area contributed by atoms with Gasteiger partial charge in [-0.15, -0.1) is 0 Å². The molecule has 5 rings (SSSR count). The first kappa shape index (κ1) is 24.3. The van der Waals surface area contributed by atoms with Gasteiger partial charge in [0.25, 0.3) is 5.91 Å². The number of carboxylic acids is 1. The van der Waals surface area contributed by atoms with Crippen molar-refractivity contribution in [1.29, 1.82) is 0 Å². The number of anilines is 3.